The smallest absolute Gasteiger partial charge is 0.312 e. The van der Waals surface area contributed by atoms with E-state index in [0.717, 1.165) is 5.56 Å². The van der Waals surface area contributed by atoms with E-state index in [4.69, 9.17) is 25.8 Å². The number of halogens is 1. The van der Waals surface area contributed by atoms with Gasteiger partial charge in [-0.25, -0.2) is 0 Å². The molecule has 0 N–H and O–H groups in total. The van der Waals surface area contributed by atoms with Gasteiger partial charge in [-0.3, -0.25) is 0 Å². The molecule has 3 aliphatic heterocycles. The molecule has 3 heterocycles. The number of hydrogen-bond acceptors (Lipinski definition) is 3. The molecule has 3 aliphatic rings. The second kappa shape index (κ2) is 4.20. The van der Waals surface area contributed by atoms with Crippen molar-refractivity contribution in [2.24, 2.45) is 11.3 Å². The highest BCUT2D eigenvalue weighted by Crippen LogP contribution is 2.47. The van der Waals surface area contributed by atoms with Gasteiger partial charge in [-0.2, -0.15) is 0 Å². The van der Waals surface area contributed by atoms with Crippen LogP contribution in [0.4, 0.5) is 0 Å². The van der Waals surface area contributed by atoms with Gasteiger partial charge in [-0.1, -0.05) is 25.4 Å². The van der Waals surface area contributed by atoms with Crippen molar-refractivity contribution in [2.75, 3.05) is 19.8 Å². The number of hydrogen-bond donors (Lipinski definition) is 0. The van der Waals surface area contributed by atoms with Gasteiger partial charge in [0.15, 0.2) is 0 Å². The molecule has 4 rings (SSSR count). The van der Waals surface area contributed by atoms with Gasteiger partial charge >= 0.3 is 5.97 Å². The molecule has 18 heavy (non-hydrogen) atoms. The maximum absolute atomic E-state index is 5.89. The molecule has 98 valence electrons. The second-order valence-electron chi connectivity index (χ2n) is 5.45. The Hall–Kier alpha value is -0.610. The molecular weight excluding hydrogens is 252 g/mol. The SMILES string of the molecule is CC(C)C12COC(c3ccc(Cl)cc3)(OC1)OC2. The zero-order chi connectivity index (χ0) is 12.8. The molecule has 1 aromatic carbocycles. The second-order valence-corrected chi connectivity index (χ2v) is 5.88. The zero-order valence-electron chi connectivity index (χ0n) is 10.6. The first kappa shape index (κ1) is 12.4. The van der Waals surface area contributed by atoms with Gasteiger partial charge in [0.1, 0.15) is 0 Å². The fraction of sp³-hybridized carbons (Fsp3) is 0.571. The predicted molar refractivity (Wildman–Crippen MR) is 68.3 cm³/mol. The summed E-state index contributed by atoms with van der Waals surface area (Å²) < 4.78 is 17.6. The minimum atomic E-state index is -1.03. The van der Waals surface area contributed by atoms with Gasteiger partial charge in [0.05, 0.1) is 19.8 Å². The zero-order valence-corrected chi connectivity index (χ0v) is 11.4. The van der Waals surface area contributed by atoms with Crippen LogP contribution < -0.4 is 0 Å². The van der Waals surface area contributed by atoms with E-state index in [1.165, 1.54) is 0 Å². The lowest BCUT2D eigenvalue weighted by molar-refractivity contribution is -0.484. The van der Waals surface area contributed by atoms with Crippen LogP contribution in [0.5, 0.6) is 0 Å². The highest BCUT2D eigenvalue weighted by Gasteiger charge is 2.54. The van der Waals surface area contributed by atoms with Crippen molar-refractivity contribution < 1.29 is 14.2 Å². The van der Waals surface area contributed by atoms with Crippen molar-refractivity contribution >= 4 is 11.6 Å². The summed E-state index contributed by atoms with van der Waals surface area (Å²) in [6, 6.07) is 7.41. The van der Waals surface area contributed by atoms with E-state index in [1.54, 1.807) is 0 Å². The van der Waals surface area contributed by atoms with Crippen LogP contribution in [-0.4, -0.2) is 19.8 Å². The van der Waals surface area contributed by atoms with Crippen LogP contribution in [0, 0.1) is 11.3 Å². The predicted octanol–water partition coefficient (Wildman–Crippen LogP) is 3.17. The Morgan fingerprint density at radius 2 is 1.50 bits per heavy atom. The lowest BCUT2D eigenvalue weighted by Gasteiger charge is -2.53. The topological polar surface area (TPSA) is 27.7 Å². The summed E-state index contributed by atoms with van der Waals surface area (Å²) in [5.41, 5.74) is 0.859. The third kappa shape index (κ3) is 1.77. The van der Waals surface area contributed by atoms with E-state index in [-0.39, 0.29) is 5.41 Å². The molecule has 0 saturated carbocycles. The van der Waals surface area contributed by atoms with Crippen LogP contribution in [0.25, 0.3) is 0 Å². The van der Waals surface area contributed by atoms with E-state index in [1.807, 2.05) is 24.3 Å². The fourth-order valence-corrected chi connectivity index (χ4v) is 2.50. The standard InChI is InChI=1S/C14H17ClO3/c1-10(2)13-7-16-14(17-8-13,18-9-13)11-3-5-12(15)6-4-11/h3-6,10H,7-9H2,1-2H3. The van der Waals surface area contributed by atoms with Crippen molar-refractivity contribution in [3.8, 4) is 0 Å². The molecule has 0 aliphatic carbocycles. The molecule has 3 saturated heterocycles. The molecule has 0 unspecified atom stereocenters. The van der Waals surface area contributed by atoms with E-state index in [0.29, 0.717) is 30.8 Å². The van der Waals surface area contributed by atoms with Crippen LogP contribution in [-0.2, 0) is 20.2 Å². The highest BCUT2D eigenvalue weighted by atomic mass is 35.5. The van der Waals surface area contributed by atoms with E-state index in [2.05, 4.69) is 13.8 Å². The average Bonchev–Trinajstić information content (AvgIpc) is 2.41. The number of ether oxygens (including phenoxy) is 3. The lowest BCUT2D eigenvalue weighted by atomic mass is 9.77. The van der Waals surface area contributed by atoms with Gasteiger partial charge in [0.25, 0.3) is 0 Å². The maximum atomic E-state index is 5.89. The van der Waals surface area contributed by atoms with Crippen molar-refractivity contribution in [1.29, 1.82) is 0 Å². The molecule has 3 fully saturated rings. The summed E-state index contributed by atoms with van der Waals surface area (Å²) in [6.07, 6.45) is 0. The Labute approximate surface area is 112 Å². The maximum Gasteiger partial charge on any atom is 0.312 e. The van der Waals surface area contributed by atoms with Gasteiger partial charge in [-0.05, 0) is 30.2 Å². The Bertz CT molecular complexity index is 416. The summed E-state index contributed by atoms with van der Waals surface area (Å²) in [5.74, 6) is -0.553. The molecule has 4 heteroatoms. The number of fused-ring (bicyclic) bond motifs is 3. The Kier molecular flexibility index (Phi) is 2.90. The molecule has 0 radical (unpaired) electrons. The van der Waals surface area contributed by atoms with Crippen molar-refractivity contribution in [3.63, 3.8) is 0 Å². The van der Waals surface area contributed by atoms with Crippen molar-refractivity contribution in [2.45, 2.75) is 19.8 Å². The third-order valence-electron chi connectivity index (χ3n) is 4.07. The summed E-state index contributed by atoms with van der Waals surface area (Å²) in [4.78, 5) is 0. The molecule has 1 aromatic rings. The van der Waals surface area contributed by atoms with Crippen LogP contribution in [0.1, 0.15) is 19.4 Å². The summed E-state index contributed by atoms with van der Waals surface area (Å²) >= 11 is 5.89. The average molecular weight is 269 g/mol. The monoisotopic (exact) mass is 268 g/mol. The molecule has 0 aromatic heterocycles. The van der Waals surface area contributed by atoms with Crippen LogP contribution in [0.3, 0.4) is 0 Å². The number of benzene rings is 1. The van der Waals surface area contributed by atoms with Crippen molar-refractivity contribution in [1.82, 2.24) is 0 Å². The van der Waals surface area contributed by atoms with Crippen LogP contribution >= 0.6 is 11.6 Å². The van der Waals surface area contributed by atoms with Crippen LogP contribution in [0.2, 0.25) is 5.02 Å². The minimum Gasteiger partial charge on any atom is -0.323 e. The van der Waals surface area contributed by atoms with E-state index < -0.39 is 5.97 Å². The lowest BCUT2D eigenvalue weighted by Crippen LogP contribution is -2.60. The van der Waals surface area contributed by atoms with Gasteiger partial charge in [0.2, 0.25) is 0 Å². The quantitative estimate of drug-likeness (QED) is 0.825. The molecule has 0 spiro atoms. The van der Waals surface area contributed by atoms with Gasteiger partial charge < -0.3 is 14.2 Å². The fourth-order valence-electron chi connectivity index (χ4n) is 2.37. The first-order valence-corrected chi connectivity index (χ1v) is 6.62. The van der Waals surface area contributed by atoms with Crippen LogP contribution in [0.15, 0.2) is 24.3 Å². The molecular formula is C14H17ClO3. The molecule has 0 atom stereocenters. The number of rotatable bonds is 2. The first-order chi connectivity index (χ1) is 8.56. The molecule has 2 bridgehead atoms. The van der Waals surface area contributed by atoms with E-state index >= 15 is 0 Å². The summed E-state index contributed by atoms with van der Waals surface area (Å²) in [7, 11) is 0. The Morgan fingerprint density at radius 1 is 1.00 bits per heavy atom. The first-order valence-electron chi connectivity index (χ1n) is 6.24. The normalized spacial score (nSPS) is 35.1. The largest absolute Gasteiger partial charge is 0.323 e. The third-order valence-corrected chi connectivity index (χ3v) is 4.32. The summed E-state index contributed by atoms with van der Waals surface area (Å²) in [6.45, 7) is 6.38. The minimum absolute atomic E-state index is 0.00578. The van der Waals surface area contributed by atoms with Gasteiger partial charge in [0, 0.05) is 16.0 Å². The Balaban J connectivity index is 1.86. The molecule has 3 nitrogen and oxygen atoms in total. The van der Waals surface area contributed by atoms with Gasteiger partial charge in [-0.15, -0.1) is 0 Å². The summed E-state index contributed by atoms with van der Waals surface area (Å²) in [5, 5.41) is 0.693. The Morgan fingerprint density at radius 3 is 1.94 bits per heavy atom. The molecule has 0 amide bonds. The highest BCUT2D eigenvalue weighted by molar-refractivity contribution is 6.30. The van der Waals surface area contributed by atoms with E-state index in [9.17, 15) is 0 Å². The van der Waals surface area contributed by atoms with Crippen molar-refractivity contribution in [3.05, 3.63) is 34.9 Å².